The molecule has 24 heavy (non-hydrogen) atoms. The molecule has 0 atom stereocenters. The number of aromatic nitrogens is 2. The van der Waals surface area contributed by atoms with E-state index in [4.69, 9.17) is 0 Å². The van der Waals surface area contributed by atoms with Crippen molar-refractivity contribution in [2.75, 3.05) is 19.0 Å². The predicted octanol–water partition coefficient (Wildman–Crippen LogP) is 2.89. The Balaban J connectivity index is 1.56. The van der Waals surface area contributed by atoms with Crippen molar-refractivity contribution in [2.45, 2.75) is 31.7 Å². The highest BCUT2D eigenvalue weighted by Gasteiger charge is 2.26. The Morgan fingerprint density at radius 2 is 2.00 bits per heavy atom. The van der Waals surface area contributed by atoms with Gasteiger partial charge in [-0.2, -0.15) is 5.10 Å². The van der Waals surface area contributed by atoms with Gasteiger partial charge in [-0.05, 0) is 61.9 Å². The van der Waals surface area contributed by atoms with Crippen LogP contribution in [-0.4, -0.2) is 45.5 Å². The van der Waals surface area contributed by atoms with Crippen LogP contribution in [0.3, 0.4) is 0 Å². The molecule has 1 aliphatic rings. The van der Waals surface area contributed by atoms with E-state index in [1.54, 1.807) is 15.8 Å². The number of hydrogen-bond acceptors (Lipinski definition) is 3. The van der Waals surface area contributed by atoms with Crippen LogP contribution in [0.25, 0.3) is 5.69 Å². The quantitative estimate of drug-likeness (QED) is 0.906. The number of amides is 2. The molecule has 0 radical (unpaired) electrons. The first-order valence-corrected chi connectivity index (χ1v) is 8.42. The van der Waals surface area contributed by atoms with Crippen molar-refractivity contribution in [1.29, 1.82) is 0 Å². The summed E-state index contributed by atoms with van der Waals surface area (Å²) in [4.78, 5) is 14.2. The minimum Gasteiger partial charge on any atom is -0.396 e. The third-order valence-corrected chi connectivity index (χ3v) is 4.83. The zero-order valence-electron chi connectivity index (χ0n) is 13.9. The van der Waals surface area contributed by atoms with Crippen LogP contribution in [-0.2, 0) is 0 Å². The molecule has 6 nitrogen and oxygen atoms in total. The molecule has 0 spiro atoms. The fraction of sp³-hybridized carbons (Fsp3) is 0.444. The van der Waals surface area contributed by atoms with Crippen molar-refractivity contribution in [3.8, 4) is 5.69 Å². The SMILES string of the molecule is CN(C(=O)Nc1ccc(-n2cccn2)cc1)C1CCC(CO)CC1. The number of hydrogen-bond donors (Lipinski definition) is 2. The van der Waals surface area contributed by atoms with Gasteiger partial charge in [0, 0.05) is 37.8 Å². The monoisotopic (exact) mass is 328 g/mol. The van der Waals surface area contributed by atoms with Crippen molar-refractivity contribution in [1.82, 2.24) is 14.7 Å². The average Bonchev–Trinajstić information content (AvgIpc) is 3.16. The molecule has 1 aromatic carbocycles. The number of rotatable bonds is 4. The van der Waals surface area contributed by atoms with Crippen LogP contribution >= 0.6 is 0 Å². The van der Waals surface area contributed by atoms with E-state index in [-0.39, 0.29) is 18.7 Å². The van der Waals surface area contributed by atoms with Crippen LogP contribution in [0.2, 0.25) is 0 Å². The second-order valence-electron chi connectivity index (χ2n) is 6.40. The summed E-state index contributed by atoms with van der Waals surface area (Å²) < 4.78 is 1.78. The van der Waals surface area contributed by atoms with Gasteiger partial charge in [0.25, 0.3) is 0 Å². The average molecular weight is 328 g/mol. The molecule has 128 valence electrons. The predicted molar refractivity (Wildman–Crippen MR) is 93.2 cm³/mol. The van der Waals surface area contributed by atoms with E-state index in [0.29, 0.717) is 5.92 Å². The summed E-state index contributed by atoms with van der Waals surface area (Å²) in [5, 5.41) is 16.3. The van der Waals surface area contributed by atoms with Crippen molar-refractivity contribution in [3.63, 3.8) is 0 Å². The first-order chi connectivity index (χ1) is 11.7. The van der Waals surface area contributed by atoms with Gasteiger partial charge in [0.05, 0.1) is 5.69 Å². The van der Waals surface area contributed by atoms with Gasteiger partial charge < -0.3 is 15.3 Å². The minimum atomic E-state index is -0.0886. The summed E-state index contributed by atoms with van der Waals surface area (Å²) in [6.45, 7) is 0.255. The van der Waals surface area contributed by atoms with E-state index in [9.17, 15) is 9.90 Å². The third kappa shape index (κ3) is 3.76. The van der Waals surface area contributed by atoms with Crippen LogP contribution in [0, 0.1) is 5.92 Å². The molecule has 2 aromatic rings. The Kier molecular flexibility index (Phi) is 5.15. The smallest absolute Gasteiger partial charge is 0.321 e. The molecular formula is C18H24N4O2. The van der Waals surface area contributed by atoms with Crippen molar-refractivity contribution >= 4 is 11.7 Å². The summed E-state index contributed by atoms with van der Waals surface area (Å²) in [7, 11) is 1.84. The number of benzene rings is 1. The third-order valence-electron chi connectivity index (χ3n) is 4.83. The lowest BCUT2D eigenvalue weighted by atomic mass is 9.86. The molecule has 1 heterocycles. The Bertz CT molecular complexity index is 646. The van der Waals surface area contributed by atoms with Gasteiger partial charge in [0.15, 0.2) is 0 Å². The summed E-state index contributed by atoms with van der Waals surface area (Å²) in [5.41, 5.74) is 1.72. The van der Waals surface area contributed by atoms with E-state index < -0.39 is 0 Å². The number of aliphatic hydroxyl groups excluding tert-OH is 1. The molecule has 0 aliphatic heterocycles. The fourth-order valence-electron chi connectivity index (χ4n) is 3.21. The molecule has 0 unspecified atom stereocenters. The molecular weight excluding hydrogens is 304 g/mol. The normalized spacial score (nSPS) is 20.6. The maximum atomic E-state index is 12.4. The second kappa shape index (κ2) is 7.49. The molecule has 6 heteroatoms. The number of carbonyl (C=O) groups excluding carboxylic acids is 1. The number of nitrogens with zero attached hydrogens (tertiary/aromatic N) is 3. The number of carbonyl (C=O) groups is 1. The Hall–Kier alpha value is -2.34. The first-order valence-electron chi connectivity index (χ1n) is 8.42. The number of anilines is 1. The lowest BCUT2D eigenvalue weighted by molar-refractivity contribution is 0.139. The van der Waals surface area contributed by atoms with E-state index in [0.717, 1.165) is 37.1 Å². The highest BCUT2D eigenvalue weighted by molar-refractivity contribution is 5.89. The number of urea groups is 1. The topological polar surface area (TPSA) is 70.4 Å². The van der Waals surface area contributed by atoms with Gasteiger partial charge >= 0.3 is 6.03 Å². The van der Waals surface area contributed by atoms with Gasteiger partial charge in [-0.1, -0.05) is 0 Å². The van der Waals surface area contributed by atoms with Gasteiger partial charge in [0.1, 0.15) is 0 Å². The standard InChI is InChI=1S/C18H24N4O2/c1-21(16-7-3-14(13-23)4-8-16)18(24)20-15-5-9-17(10-6-15)22-12-2-11-19-22/h2,5-6,9-12,14,16,23H,3-4,7-8,13H2,1H3,(H,20,24). The van der Waals surface area contributed by atoms with Gasteiger partial charge in [-0.3, -0.25) is 0 Å². The van der Waals surface area contributed by atoms with E-state index in [2.05, 4.69) is 10.4 Å². The molecule has 1 saturated carbocycles. The van der Waals surface area contributed by atoms with Crippen LogP contribution in [0.1, 0.15) is 25.7 Å². The van der Waals surface area contributed by atoms with Gasteiger partial charge in [-0.25, -0.2) is 9.48 Å². The fourth-order valence-corrected chi connectivity index (χ4v) is 3.21. The Labute approximate surface area is 142 Å². The second-order valence-corrected chi connectivity index (χ2v) is 6.40. The summed E-state index contributed by atoms with van der Waals surface area (Å²) in [6, 6.07) is 9.64. The van der Waals surface area contributed by atoms with Crippen LogP contribution < -0.4 is 5.32 Å². The lowest BCUT2D eigenvalue weighted by Gasteiger charge is -2.34. The molecule has 0 saturated heterocycles. The summed E-state index contributed by atoms with van der Waals surface area (Å²) in [6.07, 6.45) is 7.48. The molecule has 1 aromatic heterocycles. The molecule has 1 aliphatic carbocycles. The van der Waals surface area contributed by atoms with Crippen LogP contribution in [0.4, 0.5) is 10.5 Å². The number of nitrogens with one attached hydrogen (secondary N) is 1. The largest absolute Gasteiger partial charge is 0.396 e. The molecule has 2 amide bonds. The summed E-state index contributed by atoms with van der Waals surface area (Å²) in [5.74, 6) is 0.396. The molecule has 0 bridgehead atoms. The molecule has 2 N–H and O–H groups in total. The van der Waals surface area contributed by atoms with Crippen molar-refractivity contribution < 1.29 is 9.90 Å². The zero-order valence-corrected chi connectivity index (χ0v) is 13.9. The minimum absolute atomic E-state index is 0.0886. The van der Waals surface area contributed by atoms with Crippen LogP contribution in [0.15, 0.2) is 42.7 Å². The first kappa shape index (κ1) is 16.5. The van der Waals surface area contributed by atoms with Gasteiger partial charge in [0.2, 0.25) is 0 Å². The van der Waals surface area contributed by atoms with Crippen molar-refractivity contribution in [2.24, 2.45) is 5.92 Å². The lowest BCUT2D eigenvalue weighted by Crippen LogP contribution is -2.42. The maximum Gasteiger partial charge on any atom is 0.321 e. The summed E-state index contributed by atoms with van der Waals surface area (Å²) >= 11 is 0. The highest BCUT2D eigenvalue weighted by atomic mass is 16.3. The number of aliphatic hydroxyl groups is 1. The van der Waals surface area contributed by atoms with E-state index >= 15 is 0 Å². The van der Waals surface area contributed by atoms with E-state index in [1.165, 1.54) is 0 Å². The zero-order chi connectivity index (χ0) is 16.9. The Morgan fingerprint density at radius 3 is 2.58 bits per heavy atom. The maximum absolute atomic E-state index is 12.4. The van der Waals surface area contributed by atoms with E-state index in [1.807, 2.05) is 43.6 Å². The molecule has 3 rings (SSSR count). The van der Waals surface area contributed by atoms with Crippen LogP contribution in [0.5, 0.6) is 0 Å². The van der Waals surface area contributed by atoms with Crippen molar-refractivity contribution in [3.05, 3.63) is 42.7 Å². The Morgan fingerprint density at radius 1 is 1.29 bits per heavy atom. The molecule has 1 fully saturated rings. The van der Waals surface area contributed by atoms with Gasteiger partial charge in [-0.15, -0.1) is 0 Å². The highest BCUT2D eigenvalue weighted by Crippen LogP contribution is 2.27.